The Morgan fingerprint density at radius 3 is 2.47 bits per heavy atom. The smallest absolute Gasteiger partial charge is 0.138 e. The summed E-state index contributed by atoms with van der Waals surface area (Å²) in [5.41, 5.74) is 6.51. The lowest BCUT2D eigenvalue weighted by Gasteiger charge is -2.18. The van der Waals surface area contributed by atoms with E-state index in [1.807, 2.05) is 6.07 Å². The fraction of sp³-hybridized carbons (Fsp3) is 0.143. The monoisotopic (exact) mass is 343 g/mol. The van der Waals surface area contributed by atoms with Crippen molar-refractivity contribution in [1.82, 2.24) is 0 Å². The molecule has 2 nitrogen and oxygen atoms in total. The lowest BCUT2D eigenvalue weighted by Crippen LogP contribution is -2.18. The van der Waals surface area contributed by atoms with Crippen LogP contribution in [0, 0.1) is 5.82 Å². The molecular formula is C14H12BrClFNO. The van der Waals surface area contributed by atoms with Crippen LogP contribution < -0.4 is 10.5 Å². The summed E-state index contributed by atoms with van der Waals surface area (Å²) in [5.74, 6) is 0.255. The van der Waals surface area contributed by atoms with Gasteiger partial charge in [-0.1, -0.05) is 39.7 Å². The van der Waals surface area contributed by atoms with E-state index in [4.69, 9.17) is 22.1 Å². The molecule has 0 aliphatic rings. The first-order valence-electron chi connectivity index (χ1n) is 5.67. The van der Waals surface area contributed by atoms with Crippen molar-refractivity contribution in [3.8, 4) is 5.75 Å². The van der Waals surface area contributed by atoms with Crippen LogP contribution in [-0.4, -0.2) is 6.54 Å². The fourth-order valence-electron chi connectivity index (χ4n) is 1.65. The summed E-state index contributed by atoms with van der Waals surface area (Å²) < 4.78 is 19.5. The second kappa shape index (κ2) is 6.37. The van der Waals surface area contributed by atoms with E-state index >= 15 is 0 Å². The zero-order valence-corrected chi connectivity index (χ0v) is 12.3. The molecule has 19 heavy (non-hydrogen) atoms. The van der Waals surface area contributed by atoms with Crippen LogP contribution >= 0.6 is 27.5 Å². The van der Waals surface area contributed by atoms with E-state index in [0.717, 1.165) is 10.0 Å². The van der Waals surface area contributed by atoms with Crippen molar-refractivity contribution in [2.24, 2.45) is 5.73 Å². The molecule has 2 N–H and O–H groups in total. The predicted molar refractivity (Wildman–Crippen MR) is 78.0 cm³/mol. The average Bonchev–Trinajstić information content (AvgIpc) is 2.39. The van der Waals surface area contributed by atoms with E-state index in [1.165, 1.54) is 12.1 Å². The van der Waals surface area contributed by atoms with Gasteiger partial charge in [0.1, 0.15) is 17.7 Å². The van der Waals surface area contributed by atoms with Crippen LogP contribution in [-0.2, 0) is 0 Å². The maximum Gasteiger partial charge on any atom is 0.138 e. The summed E-state index contributed by atoms with van der Waals surface area (Å²) in [4.78, 5) is 0. The van der Waals surface area contributed by atoms with Gasteiger partial charge in [-0.2, -0.15) is 0 Å². The molecule has 1 unspecified atom stereocenters. The first-order valence-corrected chi connectivity index (χ1v) is 6.84. The van der Waals surface area contributed by atoms with Crippen molar-refractivity contribution in [2.45, 2.75) is 6.10 Å². The molecule has 5 heteroatoms. The largest absolute Gasteiger partial charge is 0.483 e. The third-order valence-electron chi connectivity index (χ3n) is 2.62. The molecule has 0 fully saturated rings. The minimum atomic E-state index is -0.362. The van der Waals surface area contributed by atoms with Crippen molar-refractivity contribution >= 4 is 27.5 Å². The molecule has 0 spiro atoms. The van der Waals surface area contributed by atoms with Crippen LogP contribution in [0.3, 0.4) is 0 Å². The zero-order chi connectivity index (χ0) is 13.8. The van der Waals surface area contributed by atoms with Gasteiger partial charge in [0.05, 0.1) is 5.02 Å². The Morgan fingerprint density at radius 2 is 1.89 bits per heavy atom. The highest BCUT2D eigenvalue weighted by Gasteiger charge is 2.13. The Hall–Kier alpha value is -1.10. The van der Waals surface area contributed by atoms with Crippen molar-refractivity contribution in [2.75, 3.05) is 6.54 Å². The number of ether oxygens (including phenoxy) is 1. The molecule has 1 atom stereocenters. The van der Waals surface area contributed by atoms with Gasteiger partial charge >= 0.3 is 0 Å². The second-order valence-electron chi connectivity index (χ2n) is 3.97. The standard InChI is InChI=1S/C14H12BrClFNO/c15-10-3-6-13(12(16)7-10)19-14(8-18)9-1-4-11(17)5-2-9/h1-7,14H,8,18H2. The molecule has 2 aromatic carbocycles. The fourth-order valence-corrected chi connectivity index (χ4v) is 2.37. The molecule has 0 radical (unpaired) electrons. The van der Waals surface area contributed by atoms with Crippen LogP contribution in [0.5, 0.6) is 5.75 Å². The Labute approximate surface area is 124 Å². The van der Waals surface area contributed by atoms with Gasteiger partial charge in [-0.15, -0.1) is 0 Å². The molecule has 0 aliphatic heterocycles. The molecule has 0 heterocycles. The van der Waals surface area contributed by atoms with E-state index in [0.29, 0.717) is 10.8 Å². The van der Waals surface area contributed by atoms with Gasteiger partial charge in [-0.25, -0.2) is 4.39 Å². The lowest BCUT2D eigenvalue weighted by atomic mass is 10.1. The van der Waals surface area contributed by atoms with Crippen molar-refractivity contribution in [1.29, 1.82) is 0 Å². The molecule has 0 saturated heterocycles. The van der Waals surface area contributed by atoms with Gasteiger partial charge in [0.2, 0.25) is 0 Å². The number of nitrogens with two attached hydrogens (primary N) is 1. The SMILES string of the molecule is NCC(Oc1ccc(Br)cc1Cl)c1ccc(F)cc1. The van der Waals surface area contributed by atoms with Crippen molar-refractivity contribution in [3.05, 3.63) is 63.3 Å². The van der Waals surface area contributed by atoms with Gasteiger partial charge in [0.25, 0.3) is 0 Å². The summed E-state index contributed by atoms with van der Waals surface area (Å²) >= 11 is 9.41. The van der Waals surface area contributed by atoms with Gasteiger partial charge in [-0.3, -0.25) is 0 Å². The number of hydrogen-bond donors (Lipinski definition) is 1. The molecule has 2 rings (SSSR count). The predicted octanol–water partition coefficient (Wildman–Crippen LogP) is 4.32. The Kier molecular flexibility index (Phi) is 4.80. The highest BCUT2D eigenvalue weighted by atomic mass is 79.9. The summed E-state index contributed by atoms with van der Waals surface area (Å²) in [7, 11) is 0. The van der Waals surface area contributed by atoms with Crippen LogP contribution in [0.25, 0.3) is 0 Å². The normalized spacial score (nSPS) is 12.2. The second-order valence-corrected chi connectivity index (χ2v) is 5.29. The van der Waals surface area contributed by atoms with Gasteiger partial charge in [0.15, 0.2) is 0 Å². The Bertz CT molecular complexity index is 562. The first-order chi connectivity index (χ1) is 9.10. The average molecular weight is 345 g/mol. The number of hydrogen-bond acceptors (Lipinski definition) is 2. The molecule has 2 aromatic rings. The summed E-state index contributed by atoms with van der Waals surface area (Å²) in [6.07, 6.45) is -0.362. The molecule has 0 aromatic heterocycles. The highest BCUT2D eigenvalue weighted by Crippen LogP contribution is 2.31. The maximum atomic E-state index is 12.9. The topological polar surface area (TPSA) is 35.2 Å². The third-order valence-corrected chi connectivity index (χ3v) is 3.41. The minimum absolute atomic E-state index is 0.276. The highest BCUT2D eigenvalue weighted by molar-refractivity contribution is 9.10. The first kappa shape index (κ1) is 14.3. The number of rotatable bonds is 4. The van der Waals surface area contributed by atoms with Crippen LogP contribution in [0.2, 0.25) is 5.02 Å². The number of benzene rings is 2. The van der Waals surface area contributed by atoms with Gasteiger partial charge in [0, 0.05) is 11.0 Å². The Morgan fingerprint density at radius 1 is 1.21 bits per heavy atom. The quantitative estimate of drug-likeness (QED) is 0.896. The van der Waals surface area contributed by atoms with E-state index in [9.17, 15) is 4.39 Å². The third kappa shape index (κ3) is 3.69. The molecule has 0 bridgehead atoms. The van der Waals surface area contributed by atoms with Crippen molar-refractivity contribution in [3.63, 3.8) is 0 Å². The van der Waals surface area contributed by atoms with Gasteiger partial charge < -0.3 is 10.5 Å². The van der Waals surface area contributed by atoms with E-state index < -0.39 is 0 Å². The van der Waals surface area contributed by atoms with Crippen molar-refractivity contribution < 1.29 is 9.13 Å². The Balaban J connectivity index is 2.21. The summed E-state index contributed by atoms with van der Waals surface area (Å²) in [6, 6.07) is 11.4. The lowest BCUT2D eigenvalue weighted by molar-refractivity contribution is 0.214. The minimum Gasteiger partial charge on any atom is -0.483 e. The molecular weight excluding hydrogens is 333 g/mol. The van der Waals surface area contributed by atoms with E-state index in [2.05, 4.69) is 15.9 Å². The summed E-state index contributed by atoms with van der Waals surface area (Å²) in [5, 5.41) is 0.495. The number of halogens is 3. The summed E-state index contributed by atoms with van der Waals surface area (Å²) in [6.45, 7) is 0.276. The molecule has 0 amide bonds. The zero-order valence-electron chi connectivity index (χ0n) is 9.95. The van der Waals surface area contributed by atoms with E-state index in [1.54, 1.807) is 24.3 Å². The molecule has 100 valence electrons. The molecule has 0 saturated carbocycles. The van der Waals surface area contributed by atoms with E-state index in [-0.39, 0.29) is 18.5 Å². The van der Waals surface area contributed by atoms with Crippen LogP contribution in [0.4, 0.5) is 4.39 Å². The van der Waals surface area contributed by atoms with Crippen LogP contribution in [0.1, 0.15) is 11.7 Å². The maximum absolute atomic E-state index is 12.9. The van der Waals surface area contributed by atoms with Gasteiger partial charge in [-0.05, 0) is 35.9 Å². The van der Waals surface area contributed by atoms with Crippen LogP contribution in [0.15, 0.2) is 46.9 Å². The molecule has 0 aliphatic carbocycles.